The minimum Gasteiger partial charge on any atom is -0.486 e. The summed E-state index contributed by atoms with van der Waals surface area (Å²) in [6.07, 6.45) is -2.46. The number of non-ortho nitro benzene ring substituents is 4. The summed E-state index contributed by atoms with van der Waals surface area (Å²) in [5, 5.41) is 68.2. The highest BCUT2D eigenvalue weighted by Gasteiger charge is 2.42. The number of rotatable bonds is 24. The zero-order valence-corrected chi connectivity index (χ0v) is 77.1. The summed E-state index contributed by atoms with van der Waals surface area (Å²) in [6, 6.07) is 84.6. The normalized spacial score (nSPS) is 11.9. The van der Waals surface area contributed by atoms with Crippen LogP contribution in [0.15, 0.2) is 312 Å². The molecule has 0 unspecified atom stereocenters. The van der Waals surface area contributed by atoms with Crippen molar-refractivity contribution in [1.29, 1.82) is 0 Å². The molecule has 18 aromatic rings. The Morgan fingerprint density at radius 2 is 0.702 bits per heavy atom. The maximum Gasteiger partial charge on any atom is 0.340 e. The Kier molecular flexibility index (Phi) is 28.8. The molecule has 0 atom stereocenters. The van der Waals surface area contributed by atoms with Crippen LogP contribution in [0.4, 0.5) is 44.7 Å². The first-order chi connectivity index (χ1) is 67.6. The average molecular weight is 1910 g/mol. The van der Waals surface area contributed by atoms with Gasteiger partial charge in [0.05, 0.1) is 86.6 Å². The van der Waals surface area contributed by atoms with Gasteiger partial charge in [0, 0.05) is 164 Å². The van der Waals surface area contributed by atoms with Gasteiger partial charge in [-0.05, 0) is 185 Å². The van der Waals surface area contributed by atoms with Crippen LogP contribution >= 0.6 is 0 Å². The van der Waals surface area contributed by atoms with Crippen LogP contribution in [0.2, 0.25) is 0 Å². The third kappa shape index (κ3) is 20.8. The number of alkyl halides is 4. The van der Waals surface area contributed by atoms with Crippen molar-refractivity contribution < 1.29 is 84.9 Å². The second-order valence-electron chi connectivity index (χ2n) is 32.8. The molecule has 0 saturated carbocycles. The van der Waals surface area contributed by atoms with Crippen molar-refractivity contribution in [3.63, 3.8) is 0 Å². The molecule has 29 nitrogen and oxygen atoms in total. The first kappa shape index (κ1) is 97.4. The van der Waals surface area contributed by atoms with Crippen molar-refractivity contribution in [3.05, 3.63) is 393 Å². The average Bonchev–Trinajstić information content (AvgIpc) is 1.61. The number of fused-ring (bicyclic) bond motifs is 12. The number of aromatic nitrogens is 4. The number of oxime groups is 4. The first-order valence-corrected chi connectivity index (χ1v) is 43.9. The number of benzene rings is 14. The van der Waals surface area contributed by atoms with Gasteiger partial charge in [0.2, 0.25) is 0 Å². The molecule has 0 spiro atoms. The van der Waals surface area contributed by atoms with Crippen molar-refractivity contribution in [3.8, 4) is 28.5 Å². The second-order valence-corrected chi connectivity index (χ2v) is 32.8. The molecular weight excluding hydrogens is 1820 g/mol. The monoisotopic (exact) mass is 1900 g/mol. The molecule has 0 bridgehead atoms. The van der Waals surface area contributed by atoms with Crippen molar-refractivity contribution in [2.75, 3.05) is 6.61 Å². The Morgan fingerprint density at radius 3 is 1.10 bits per heavy atom. The lowest BCUT2D eigenvalue weighted by Gasteiger charge is -2.19. The van der Waals surface area contributed by atoms with E-state index in [9.17, 15) is 81.6 Å². The fourth-order valence-corrected chi connectivity index (χ4v) is 16.8. The number of carbonyl (C=O) groups excluding carboxylic acids is 4. The number of halogens is 5. The Balaban J connectivity index is 0.000000143. The zero-order chi connectivity index (χ0) is 101. The molecule has 0 fully saturated rings. The Morgan fingerprint density at radius 1 is 0.362 bits per heavy atom. The second kappa shape index (κ2) is 41.6. The smallest absolute Gasteiger partial charge is 0.340 e. The van der Waals surface area contributed by atoms with Gasteiger partial charge < -0.3 is 42.4 Å². The lowest BCUT2D eigenvalue weighted by Crippen LogP contribution is -2.34. The topological polar surface area (TPSA) is 356 Å². The molecule has 4 aromatic heterocycles. The van der Waals surface area contributed by atoms with Crippen molar-refractivity contribution in [1.82, 2.24) is 18.3 Å². The Labute approximate surface area is 799 Å². The molecule has 4 heterocycles. The fraction of sp³-hybridized carbons (Fsp3) is 0.140. The maximum absolute atomic E-state index is 13.7. The molecule has 0 saturated heterocycles. The number of carbonyl (C=O) groups is 4. The minimum atomic E-state index is -4.39. The first-order valence-electron chi connectivity index (χ1n) is 43.9. The lowest BCUT2D eigenvalue weighted by atomic mass is 9.97. The van der Waals surface area contributed by atoms with Gasteiger partial charge in [-0.3, -0.25) is 40.5 Å². The minimum absolute atomic E-state index is 0.0301. The molecular formula is C107H85F5N12O17. The van der Waals surface area contributed by atoms with E-state index in [0.717, 1.165) is 140 Å². The standard InChI is InChI=1S/C31H23F4N3O5.C28H20FN3O4.C25H23N3O4.C23H19N3O4/c1-18-15-20(37-26-9-5-3-7-23(26)25-16-21(38(40)41)12-14-27(25)37)11-13-22(18)29(36-43-19(2)39)24-8-4-6-10-28(24)42-17-31(34,35)30(32)33;1-17-15-21(11-13-23(17)28(30-36-18(2)33)19-7-9-20(29)10-8-19)31-26-6-4-3-5-24(26)25-16-22(32(34)35)12-14-27(25)31;1-4-7-22(26-32-17(3)29)20-12-10-16(2)14-25(20)27-23-9-6-5-8-19(23)21-15-18(28(30)31)11-13-24(21)27;1-14-8-10-18(15(2)24-30-16(3)27)23(12-14)25-21-7-5-4-6-19(21)20-13-17(26(28)29)9-11-22(20)25/h3-16,30H,17H2,1-2H3;3-16H,1-2H3;5-6,8-15H,4,7H2,1-3H3;4-13H,1-3H3/b36-29+;30-28-;26-22+;24-15+. The lowest BCUT2D eigenvalue weighted by molar-refractivity contribution is -0.384. The summed E-state index contributed by atoms with van der Waals surface area (Å²) >= 11 is 0. The molecule has 14 aromatic carbocycles. The van der Waals surface area contributed by atoms with Crippen LogP contribution in [0.5, 0.6) is 5.75 Å². The largest absolute Gasteiger partial charge is 0.486 e. The third-order valence-electron chi connectivity index (χ3n) is 23.0. The molecule has 18 rings (SSSR count). The van der Waals surface area contributed by atoms with Gasteiger partial charge in [0.1, 0.15) is 23.0 Å². The molecule has 0 amide bonds. The van der Waals surface area contributed by atoms with Gasteiger partial charge in [-0.2, -0.15) is 8.78 Å². The summed E-state index contributed by atoms with van der Waals surface area (Å²) in [7, 11) is 0. The molecule has 0 aliphatic carbocycles. The Bertz CT molecular complexity index is 8220. The number of para-hydroxylation sites is 5. The van der Waals surface area contributed by atoms with E-state index in [1.807, 2.05) is 188 Å². The summed E-state index contributed by atoms with van der Waals surface area (Å²) < 4.78 is 79.6. The van der Waals surface area contributed by atoms with E-state index in [0.29, 0.717) is 56.9 Å². The molecule has 710 valence electrons. The predicted octanol–water partition coefficient (Wildman–Crippen LogP) is 25.4. The number of hydrogen-bond donors (Lipinski definition) is 0. The summed E-state index contributed by atoms with van der Waals surface area (Å²) in [5.41, 5.74) is 18.9. The SMILES string of the molecule is CC(=O)O/N=C(/c1ccc(F)cc1)c1ccc(-n2c3ccccc3c3cc([N+](=O)[O-])ccc32)cc1C.CC(=O)O/N=C(\C)c1ccc(C)cc1-n1c2ccccc2c2cc([N+](=O)[O-])ccc21.CC(=O)O/N=C(\c1ccc(-n2c3ccccc3c3cc([N+](=O)[O-])ccc32)cc1C)c1ccccc1OCC(F)(F)C(F)F.CCC/C(=N\OC(C)=O)c1ccc(C)cc1-n1c2ccccc2c2cc([N+](=O)[O-])ccc21. The third-order valence-corrected chi connectivity index (χ3v) is 23.0. The number of hydrogen-bond acceptors (Lipinski definition) is 21. The molecule has 0 N–H and O–H groups in total. The van der Waals surface area contributed by atoms with Gasteiger partial charge in [-0.1, -0.05) is 155 Å². The predicted molar refractivity (Wildman–Crippen MR) is 530 cm³/mol. The van der Waals surface area contributed by atoms with Gasteiger partial charge in [0.25, 0.3) is 22.7 Å². The van der Waals surface area contributed by atoms with Crippen LogP contribution in [0.1, 0.15) is 110 Å². The molecule has 0 aliphatic rings. The molecule has 34 heteroatoms. The van der Waals surface area contributed by atoms with Crippen LogP contribution in [0, 0.1) is 74.0 Å². The van der Waals surface area contributed by atoms with E-state index >= 15 is 0 Å². The van der Waals surface area contributed by atoms with Crippen LogP contribution < -0.4 is 4.74 Å². The zero-order valence-electron chi connectivity index (χ0n) is 77.1. The van der Waals surface area contributed by atoms with E-state index < -0.39 is 52.7 Å². The van der Waals surface area contributed by atoms with E-state index in [1.165, 1.54) is 81.4 Å². The summed E-state index contributed by atoms with van der Waals surface area (Å²) in [6.45, 7) is 14.9. The van der Waals surface area contributed by atoms with Crippen LogP contribution in [-0.4, -0.2) is 104 Å². The van der Waals surface area contributed by atoms with Crippen LogP contribution in [-0.2, 0) is 38.5 Å². The number of nitrogens with zero attached hydrogens (tertiary/aromatic N) is 12. The number of ether oxygens (including phenoxy) is 1. The van der Waals surface area contributed by atoms with Crippen molar-refractivity contribution in [2.24, 2.45) is 20.6 Å². The number of aryl methyl sites for hydroxylation is 4. The maximum atomic E-state index is 13.7. The molecule has 141 heavy (non-hydrogen) atoms. The number of nitro benzene ring substituents is 4. The fourth-order valence-electron chi connectivity index (χ4n) is 16.8. The van der Waals surface area contributed by atoms with E-state index in [4.69, 9.17) is 24.1 Å². The highest BCUT2D eigenvalue weighted by atomic mass is 19.3. The van der Waals surface area contributed by atoms with Crippen molar-refractivity contribution >= 4 is 157 Å². The van der Waals surface area contributed by atoms with E-state index in [-0.39, 0.29) is 55.4 Å². The van der Waals surface area contributed by atoms with Gasteiger partial charge in [-0.15, -0.1) is 0 Å². The highest BCUT2D eigenvalue weighted by molar-refractivity contribution is 6.18. The molecule has 0 radical (unpaired) electrons. The number of nitro groups is 4. The summed E-state index contributed by atoms with van der Waals surface area (Å²) in [4.78, 5) is 109. The highest BCUT2D eigenvalue weighted by Crippen LogP contribution is 2.42. The van der Waals surface area contributed by atoms with Gasteiger partial charge >= 0.3 is 36.2 Å². The van der Waals surface area contributed by atoms with Crippen LogP contribution in [0.3, 0.4) is 0 Å². The van der Waals surface area contributed by atoms with E-state index in [1.54, 1.807) is 86.6 Å². The van der Waals surface area contributed by atoms with Crippen molar-refractivity contribution in [2.45, 2.75) is 94.4 Å². The van der Waals surface area contributed by atoms with E-state index in [2.05, 4.69) is 35.8 Å². The molecule has 0 aliphatic heterocycles. The van der Waals surface area contributed by atoms with Crippen LogP contribution in [0.25, 0.3) is 110 Å². The van der Waals surface area contributed by atoms with Gasteiger partial charge in [0.15, 0.2) is 6.61 Å². The van der Waals surface area contributed by atoms with Gasteiger partial charge in [-0.25, -0.2) is 32.3 Å². The Hall–Kier alpha value is -18.1. The quantitative estimate of drug-likeness (QED) is 0.0178. The summed E-state index contributed by atoms with van der Waals surface area (Å²) in [5.74, 6) is -7.22.